The minimum absolute atomic E-state index is 0.285. The molecule has 2 atom stereocenters. The third kappa shape index (κ3) is 2.73. The van der Waals surface area contributed by atoms with E-state index in [4.69, 9.17) is 5.73 Å². The van der Waals surface area contributed by atoms with E-state index >= 15 is 0 Å². The molecular formula is C10H17NS2. The Morgan fingerprint density at radius 3 is 2.62 bits per heavy atom. The second-order valence-electron chi connectivity index (χ2n) is 3.18. The fraction of sp³-hybridized carbons (Fsp3) is 0.600. The van der Waals surface area contributed by atoms with E-state index in [1.54, 1.807) is 0 Å². The molecule has 3 heteroatoms. The van der Waals surface area contributed by atoms with Gasteiger partial charge in [0, 0.05) is 15.8 Å². The summed E-state index contributed by atoms with van der Waals surface area (Å²) in [5.74, 6) is 0. The van der Waals surface area contributed by atoms with Crippen LogP contribution in [0.1, 0.15) is 28.3 Å². The zero-order valence-corrected chi connectivity index (χ0v) is 10.0. The number of thiophene rings is 1. The van der Waals surface area contributed by atoms with Crippen LogP contribution in [0.3, 0.4) is 0 Å². The quantitative estimate of drug-likeness (QED) is 0.834. The van der Waals surface area contributed by atoms with Crippen molar-refractivity contribution in [3.8, 4) is 0 Å². The van der Waals surface area contributed by atoms with Crippen LogP contribution in [0.4, 0.5) is 0 Å². The first-order valence-corrected chi connectivity index (χ1v) is 6.64. The van der Waals surface area contributed by atoms with Gasteiger partial charge in [-0.1, -0.05) is 6.92 Å². The molecule has 0 saturated heterocycles. The van der Waals surface area contributed by atoms with E-state index in [-0.39, 0.29) is 6.04 Å². The van der Waals surface area contributed by atoms with Crippen LogP contribution in [0.5, 0.6) is 0 Å². The minimum atomic E-state index is 0.285. The van der Waals surface area contributed by atoms with Gasteiger partial charge in [-0.05, 0) is 31.7 Å². The molecule has 0 bridgehead atoms. The van der Waals surface area contributed by atoms with Crippen LogP contribution in [-0.2, 0) is 0 Å². The molecule has 1 aromatic rings. The smallest absolute Gasteiger partial charge is 0.0539 e. The van der Waals surface area contributed by atoms with Gasteiger partial charge >= 0.3 is 0 Å². The third-order valence-electron chi connectivity index (χ3n) is 2.16. The number of thioether (sulfide) groups is 1. The minimum Gasteiger partial charge on any atom is -0.326 e. The van der Waals surface area contributed by atoms with E-state index in [2.05, 4.69) is 32.2 Å². The second kappa shape index (κ2) is 5.03. The van der Waals surface area contributed by atoms with E-state index in [0.717, 1.165) is 6.42 Å². The van der Waals surface area contributed by atoms with Crippen molar-refractivity contribution in [2.45, 2.75) is 31.6 Å². The van der Waals surface area contributed by atoms with Crippen molar-refractivity contribution in [2.75, 3.05) is 6.26 Å². The number of hydrogen-bond acceptors (Lipinski definition) is 3. The predicted octanol–water partition coefficient (Wildman–Crippen LogP) is 3.20. The number of nitrogens with two attached hydrogens (primary N) is 1. The molecule has 0 aliphatic heterocycles. The molecule has 0 spiro atoms. The Kier molecular flexibility index (Phi) is 4.29. The first kappa shape index (κ1) is 11.1. The summed E-state index contributed by atoms with van der Waals surface area (Å²) < 4.78 is 0. The summed E-state index contributed by atoms with van der Waals surface area (Å²) in [6.07, 6.45) is 3.18. The molecule has 0 fully saturated rings. The lowest BCUT2D eigenvalue weighted by Crippen LogP contribution is -2.24. The zero-order chi connectivity index (χ0) is 9.84. The van der Waals surface area contributed by atoms with E-state index in [1.165, 1.54) is 9.75 Å². The summed E-state index contributed by atoms with van der Waals surface area (Å²) in [5.41, 5.74) is 6.05. The van der Waals surface area contributed by atoms with Gasteiger partial charge in [-0.2, -0.15) is 11.8 Å². The maximum atomic E-state index is 6.05. The van der Waals surface area contributed by atoms with Crippen molar-refractivity contribution in [3.63, 3.8) is 0 Å². The Hall–Kier alpha value is 0.01000. The lowest BCUT2D eigenvalue weighted by atomic mass is 10.1. The lowest BCUT2D eigenvalue weighted by molar-refractivity contribution is 0.641. The van der Waals surface area contributed by atoms with Crippen LogP contribution in [-0.4, -0.2) is 12.3 Å². The first-order chi connectivity index (χ1) is 6.19. The van der Waals surface area contributed by atoms with Gasteiger partial charge in [0.25, 0.3) is 0 Å². The van der Waals surface area contributed by atoms with Crippen molar-refractivity contribution in [1.29, 1.82) is 0 Å². The first-order valence-electron chi connectivity index (χ1n) is 4.53. The number of aryl methyl sites for hydroxylation is 1. The second-order valence-corrected chi connectivity index (χ2v) is 5.48. The molecule has 0 radical (unpaired) electrons. The summed E-state index contributed by atoms with van der Waals surface area (Å²) in [4.78, 5) is 2.79. The third-order valence-corrected chi connectivity index (χ3v) is 4.50. The summed E-state index contributed by atoms with van der Waals surface area (Å²) in [5, 5.41) is 0.476. The van der Waals surface area contributed by atoms with Crippen LogP contribution >= 0.6 is 23.1 Å². The fourth-order valence-electron chi connectivity index (χ4n) is 1.32. The average molecular weight is 215 g/mol. The van der Waals surface area contributed by atoms with Gasteiger partial charge in [-0.3, -0.25) is 0 Å². The van der Waals surface area contributed by atoms with Crippen molar-refractivity contribution in [2.24, 2.45) is 5.73 Å². The highest BCUT2D eigenvalue weighted by Gasteiger charge is 2.18. The SMILES string of the molecule is CCC(N)C(SC)c1ccc(C)s1. The van der Waals surface area contributed by atoms with Crippen molar-refractivity contribution < 1.29 is 0 Å². The van der Waals surface area contributed by atoms with Crippen LogP contribution in [0.25, 0.3) is 0 Å². The monoisotopic (exact) mass is 215 g/mol. The average Bonchev–Trinajstić information content (AvgIpc) is 2.53. The van der Waals surface area contributed by atoms with E-state index in [0.29, 0.717) is 5.25 Å². The summed E-state index contributed by atoms with van der Waals surface area (Å²) in [6, 6.07) is 4.66. The van der Waals surface area contributed by atoms with Crippen LogP contribution < -0.4 is 5.73 Å². The molecule has 0 amide bonds. The fourth-order valence-corrected chi connectivity index (χ4v) is 3.54. The molecule has 13 heavy (non-hydrogen) atoms. The molecule has 1 rings (SSSR count). The van der Waals surface area contributed by atoms with Crippen molar-refractivity contribution >= 4 is 23.1 Å². The standard InChI is InChI=1S/C10H17NS2/c1-4-8(11)10(12-3)9-6-5-7(2)13-9/h5-6,8,10H,4,11H2,1-3H3. The van der Waals surface area contributed by atoms with Gasteiger partial charge in [-0.15, -0.1) is 11.3 Å². The normalized spacial score (nSPS) is 15.7. The Balaban J connectivity index is 2.77. The van der Waals surface area contributed by atoms with Gasteiger partial charge in [0.2, 0.25) is 0 Å². The highest BCUT2D eigenvalue weighted by Crippen LogP contribution is 2.34. The highest BCUT2D eigenvalue weighted by molar-refractivity contribution is 7.99. The molecule has 2 unspecified atom stereocenters. The van der Waals surface area contributed by atoms with Crippen LogP contribution in [0.15, 0.2) is 12.1 Å². The lowest BCUT2D eigenvalue weighted by Gasteiger charge is -2.19. The summed E-state index contributed by atoms with van der Waals surface area (Å²) in [6.45, 7) is 4.29. The Bertz CT molecular complexity index is 257. The van der Waals surface area contributed by atoms with Crippen LogP contribution in [0, 0.1) is 6.92 Å². The van der Waals surface area contributed by atoms with Gasteiger partial charge in [0.05, 0.1) is 5.25 Å². The highest BCUT2D eigenvalue weighted by atomic mass is 32.2. The molecule has 0 aliphatic rings. The van der Waals surface area contributed by atoms with Gasteiger partial charge in [-0.25, -0.2) is 0 Å². The molecule has 1 heterocycles. The topological polar surface area (TPSA) is 26.0 Å². The molecule has 0 aromatic carbocycles. The van der Waals surface area contributed by atoms with E-state index < -0.39 is 0 Å². The number of rotatable bonds is 4. The maximum absolute atomic E-state index is 6.05. The molecule has 0 saturated carbocycles. The van der Waals surface area contributed by atoms with E-state index in [9.17, 15) is 0 Å². The Morgan fingerprint density at radius 2 is 2.23 bits per heavy atom. The molecular weight excluding hydrogens is 198 g/mol. The molecule has 0 aliphatic carbocycles. The zero-order valence-electron chi connectivity index (χ0n) is 8.41. The largest absolute Gasteiger partial charge is 0.326 e. The van der Waals surface area contributed by atoms with Crippen molar-refractivity contribution in [3.05, 3.63) is 21.9 Å². The van der Waals surface area contributed by atoms with E-state index in [1.807, 2.05) is 23.1 Å². The predicted molar refractivity (Wildman–Crippen MR) is 63.6 cm³/mol. The van der Waals surface area contributed by atoms with Gasteiger partial charge < -0.3 is 5.73 Å². The van der Waals surface area contributed by atoms with Gasteiger partial charge in [0.15, 0.2) is 0 Å². The Morgan fingerprint density at radius 1 is 1.54 bits per heavy atom. The Labute approximate surface area is 88.7 Å². The maximum Gasteiger partial charge on any atom is 0.0539 e. The molecule has 74 valence electrons. The van der Waals surface area contributed by atoms with Crippen molar-refractivity contribution in [1.82, 2.24) is 0 Å². The summed E-state index contributed by atoms with van der Waals surface area (Å²) >= 11 is 3.72. The molecule has 1 aromatic heterocycles. The summed E-state index contributed by atoms with van der Waals surface area (Å²) in [7, 11) is 0. The van der Waals surface area contributed by atoms with Crippen LogP contribution in [0.2, 0.25) is 0 Å². The molecule has 1 nitrogen and oxygen atoms in total. The van der Waals surface area contributed by atoms with Gasteiger partial charge in [0.1, 0.15) is 0 Å². The number of hydrogen-bond donors (Lipinski definition) is 1. The molecule has 2 N–H and O–H groups in total.